The van der Waals surface area contributed by atoms with E-state index in [0.29, 0.717) is 6.10 Å². The summed E-state index contributed by atoms with van der Waals surface area (Å²) in [5.74, 6) is 0. The molecule has 2 nitrogen and oxygen atoms in total. The molecule has 1 rings (SSSR count). The van der Waals surface area contributed by atoms with Crippen molar-refractivity contribution in [2.24, 2.45) is 0 Å². The molecule has 108 valence electrons. The number of rotatable bonds is 10. The second-order valence-corrected chi connectivity index (χ2v) is 5.18. The number of ether oxygens (including phenoxy) is 1. The molecule has 1 aromatic carbocycles. The molecule has 0 aromatic heterocycles. The number of hydrogen-bond donors (Lipinski definition) is 1. The highest BCUT2D eigenvalue weighted by Gasteiger charge is 2.05. The van der Waals surface area contributed by atoms with Crippen molar-refractivity contribution in [2.75, 3.05) is 13.1 Å². The lowest BCUT2D eigenvalue weighted by Gasteiger charge is -2.14. The second-order valence-electron chi connectivity index (χ2n) is 5.18. The Kier molecular flexibility index (Phi) is 8.52. The predicted molar refractivity (Wildman–Crippen MR) is 82.5 cm³/mol. The fraction of sp³-hybridized carbons (Fsp3) is 0.647. The van der Waals surface area contributed by atoms with Crippen molar-refractivity contribution < 1.29 is 4.74 Å². The first kappa shape index (κ1) is 16.2. The van der Waals surface area contributed by atoms with Crippen molar-refractivity contribution in [3.63, 3.8) is 0 Å². The van der Waals surface area contributed by atoms with E-state index in [4.69, 9.17) is 4.74 Å². The largest absolute Gasteiger partial charge is 0.374 e. The molecule has 0 saturated heterocycles. The lowest BCUT2D eigenvalue weighted by atomic mass is 10.1. The molecular formula is C17H29NO. The highest BCUT2D eigenvalue weighted by atomic mass is 16.5. The third kappa shape index (κ3) is 6.74. The summed E-state index contributed by atoms with van der Waals surface area (Å²) in [5.41, 5.74) is 2.75. The highest BCUT2D eigenvalue weighted by molar-refractivity contribution is 5.26. The van der Waals surface area contributed by atoms with Crippen molar-refractivity contribution in [3.05, 3.63) is 35.4 Å². The summed E-state index contributed by atoms with van der Waals surface area (Å²) in [6.07, 6.45) is 4.96. The Labute approximate surface area is 118 Å². The summed E-state index contributed by atoms with van der Waals surface area (Å²) >= 11 is 0. The summed E-state index contributed by atoms with van der Waals surface area (Å²) in [5, 5.41) is 3.46. The maximum Gasteiger partial charge on any atom is 0.0723 e. The van der Waals surface area contributed by atoms with Crippen LogP contribution in [0.4, 0.5) is 0 Å². The van der Waals surface area contributed by atoms with Gasteiger partial charge in [0.2, 0.25) is 0 Å². The molecule has 0 saturated carbocycles. The minimum Gasteiger partial charge on any atom is -0.374 e. The minimum atomic E-state index is 0.358. The van der Waals surface area contributed by atoms with Crippen molar-refractivity contribution >= 4 is 0 Å². The van der Waals surface area contributed by atoms with Crippen LogP contribution in [0.5, 0.6) is 0 Å². The van der Waals surface area contributed by atoms with Gasteiger partial charge in [0.05, 0.1) is 12.7 Å². The molecular weight excluding hydrogens is 234 g/mol. The first-order chi connectivity index (χ1) is 9.27. The van der Waals surface area contributed by atoms with E-state index in [2.05, 4.69) is 50.4 Å². The van der Waals surface area contributed by atoms with Gasteiger partial charge >= 0.3 is 0 Å². The molecule has 0 aliphatic carbocycles. The molecule has 0 aliphatic heterocycles. The quantitative estimate of drug-likeness (QED) is 0.646. The molecule has 1 unspecified atom stereocenters. The molecule has 19 heavy (non-hydrogen) atoms. The maximum absolute atomic E-state index is 5.92. The molecule has 0 heterocycles. The average Bonchev–Trinajstić information content (AvgIpc) is 2.43. The Morgan fingerprint density at radius 3 is 2.47 bits per heavy atom. The predicted octanol–water partition coefficient (Wildman–Crippen LogP) is 3.93. The molecule has 0 radical (unpaired) electrons. The van der Waals surface area contributed by atoms with Gasteiger partial charge in [-0.2, -0.15) is 0 Å². The molecule has 0 aliphatic rings. The molecule has 1 N–H and O–H groups in total. The van der Waals surface area contributed by atoms with E-state index in [1.807, 2.05) is 0 Å². The zero-order valence-corrected chi connectivity index (χ0v) is 12.7. The summed E-state index contributed by atoms with van der Waals surface area (Å²) in [7, 11) is 0. The van der Waals surface area contributed by atoms with Crippen molar-refractivity contribution in [2.45, 2.75) is 59.2 Å². The molecule has 0 spiro atoms. The standard InChI is InChI=1S/C17H29NO/c1-4-8-15(3)19-14-17-10-7-6-9-16(17)11-13-18-12-5-2/h6-7,9-10,15,18H,4-5,8,11-14H2,1-3H3. The van der Waals surface area contributed by atoms with Crippen molar-refractivity contribution in [1.29, 1.82) is 0 Å². The Hall–Kier alpha value is -0.860. The van der Waals surface area contributed by atoms with Gasteiger partial charge in [-0.1, -0.05) is 44.5 Å². The van der Waals surface area contributed by atoms with Gasteiger partial charge in [-0.15, -0.1) is 0 Å². The van der Waals surface area contributed by atoms with Crippen LogP contribution < -0.4 is 5.32 Å². The lowest BCUT2D eigenvalue weighted by molar-refractivity contribution is 0.0468. The molecule has 0 fully saturated rings. The van der Waals surface area contributed by atoms with Gasteiger partial charge in [0.25, 0.3) is 0 Å². The number of nitrogens with one attached hydrogen (secondary N) is 1. The van der Waals surface area contributed by atoms with E-state index in [1.165, 1.54) is 24.0 Å². The van der Waals surface area contributed by atoms with Gasteiger partial charge in [0.1, 0.15) is 0 Å². The average molecular weight is 263 g/mol. The van der Waals surface area contributed by atoms with Crippen LogP contribution in [0.15, 0.2) is 24.3 Å². The second kappa shape index (κ2) is 9.99. The van der Waals surface area contributed by atoms with Crippen LogP contribution in [0.25, 0.3) is 0 Å². The molecule has 1 aromatic rings. The van der Waals surface area contributed by atoms with Crippen LogP contribution in [0.3, 0.4) is 0 Å². The minimum absolute atomic E-state index is 0.358. The summed E-state index contributed by atoms with van der Waals surface area (Å²) < 4.78 is 5.92. The summed E-state index contributed by atoms with van der Waals surface area (Å²) in [6.45, 7) is 9.46. The van der Waals surface area contributed by atoms with Gasteiger partial charge < -0.3 is 10.1 Å². The monoisotopic (exact) mass is 263 g/mol. The van der Waals surface area contributed by atoms with Crippen LogP contribution in [0, 0.1) is 0 Å². The fourth-order valence-corrected chi connectivity index (χ4v) is 2.19. The van der Waals surface area contributed by atoms with Crippen molar-refractivity contribution in [3.8, 4) is 0 Å². The molecule has 0 bridgehead atoms. The van der Waals surface area contributed by atoms with E-state index in [9.17, 15) is 0 Å². The summed E-state index contributed by atoms with van der Waals surface area (Å²) in [4.78, 5) is 0. The van der Waals surface area contributed by atoms with Gasteiger partial charge in [0, 0.05) is 0 Å². The fourth-order valence-electron chi connectivity index (χ4n) is 2.19. The van der Waals surface area contributed by atoms with E-state index >= 15 is 0 Å². The highest BCUT2D eigenvalue weighted by Crippen LogP contribution is 2.13. The SMILES string of the molecule is CCCNCCc1ccccc1COC(C)CCC. The first-order valence-electron chi connectivity index (χ1n) is 7.67. The number of benzene rings is 1. The topological polar surface area (TPSA) is 21.3 Å². The molecule has 1 atom stereocenters. The van der Waals surface area contributed by atoms with Gasteiger partial charge in [-0.25, -0.2) is 0 Å². The van der Waals surface area contributed by atoms with Crippen molar-refractivity contribution in [1.82, 2.24) is 5.32 Å². The van der Waals surface area contributed by atoms with Crippen LogP contribution in [-0.2, 0) is 17.8 Å². The Bertz CT molecular complexity index is 338. The van der Waals surface area contributed by atoms with Crippen LogP contribution in [-0.4, -0.2) is 19.2 Å². The Morgan fingerprint density at radius 2 is 1.79 bits per heavy atom. The Balaban J connectivity index is 2.43. The van der Waals surface area contributed by atoms with Crippen LogP contribution >= 0.6 is 0 Å². The van der Waals surface area contributed by atoms with E-state index < -0.39 is 0 Å². The van der Waals surface area contributed by atoms with Gasteiger partial charge in [-0.3, -0.25) is 0 Å². The van der Waals surface area contributed by atoms with Crippen LogP contribution in [0.2, 0.25) is 0 Å². The summed E-state index contributed by atoms with van der Waals surface area (Å²) in [6, 6.07) is 8.63. The third-order valence-corrected chi connectivity index (χ3v) is 3.33. The molecule has 0 amide bonds. The van der Waals surface area contributed by atoms with Gasteiger partial charge in [-0.05, 0) is 50.4 Å². The number of hydrogen-bond acceptors (Lipinski definition) is 2. The Morgan fingerprint density at radius 1 is 1.05 bits per heavy atom. The molecule has 2 heteroatoms. The van der Waals surface area contributed by atoms with Gasteiger partial charge in [0.15, 0.2) is 0 Å². The zero-order chi connectivity index (χ0) is 13.9. The van der Waals surface area contributed by atoms with E-state index in [0.717, 1.165) is 32.5 Å². The smallest absolute Gasteiger partial charge is 0.0723 e. The van der Waals surface area contributed by atoms with E-state index in [-0.39, 0.29) is 0 Å². The normalized spacial score (nSPS) is 12.6. The lowest BCUT2D eigenvalue weighted by Crippen LogP contribution is -2.18. The maximum atomic E-state index is 5.92. The zero-order valence-electron chi connectivity index (χ0n) is 12.7. The van der Waals surface area contributed by atoms with E-state index in [1.54, 1.807) is 0 Å². The third-order valence-electron chi connectivity index (χ3n) is 3.33. The first-order valence-corrected chi connectivity index (χ1v) is 7.67. The van der Waals surface area contributed by atoms with Crippen LogP contribution in [0.1, 0.15) is 51.2 Å².